The Bertz CT molecular complexity index is 854. The molecule has 2 aliphatic rings. The number of benzene rings is 1. The number of hydrogen-bond acceptors (Lipinski definition) is 5. The number of rotatable bonds is 5. The molecule has 2 saturated heterocycles. The average Bonchev–Trinajstić information content (AvgIpc) is 3.29. The fraction of sp³-hybridized carbons (Fsp3) is 0.333. The molecule has 1 aromatic heterocycles. The standard InChI is InChI=1S/C18H20N4O3S/c19-15(23)13-5-14(26-16(13)22-17(20)24)11-3-1-10(2-4-11)6-18-7-12(8-25-18)21-9-18/h1-5,12,21H,6-9H2,(H2,19,23)(H3,20,22,24)/t12-,18-/m0/s1. The average molecular weight is 372 g/mol. The lowest BCUT2D eigenvalue weighted by Gasteiger charge is -2.26. The molecule has 7 nitrogen and oxygen atoms in total. The van der Waals surface area contributed by atoms with Crippen molar-refractivity contribution in [1.29, 1.82) is 0 Å². The van der Waals surface area contributed by atoms with E-state index in [2.05, 4.69) is 22.8 Å². The van der Waals surface area contributed by atoms with E-state index in [-0.39, 0.29) is 11.2 Å². The van der Waals surface area contributed by atoms with E-state index in [1.807, 2.05) is 12.1 Å². The molecule has 3 heterocycles. The van der Waals surface area contributed by atoms with Gasteiger partial charge in [0.2, 0.25) is 0 Å². The largest absolute Gasteiger partial charge is 0.372 e. The van der Waals surface area contributed by atoms with Crippen molar-refractivity contribution in [2.75, 3.05) is 18.5 Å². The molecule has 26 heavy (non-hydrogen) atoms. The third-order valence-electron chi connectivity index (χ3n) is 4.92. The highest BCUT2D eigenvalue weighted by Crippen LogP contribution is 2.37. The fourth-order valence-electron chi connectivity index (χ4n) is 3.69. The summed E-state index contributed by atoms with van der Waals surface area (Å²) in [5.41, 5.74) is 12.9. The van der Waals surface area contributed by atoms with Crippen LogP contribution in [0.15, 0.2) is 30.3 Å². The molecule has 8 heteroatoms. The van der Waals surface area contributed by atoms with Gasteiger partial charge in [0.25, 0.3) is 5.91 Å². The van der Waals surface area contributed by atoms with Gasteiger partial charge in [-0.3, -0.25) is 10.1 Å². The van der Waals surface area contributed by atoms with Crippen molar-refractivity contribution < 1.29 is 14.3 Å². The third-order valence-corrected chi connectivity index (χ3v) is 6.02. The number of thiophene rings is 1. The first-order chi connectivity index (χ1) is 12.4. The van der Waals surface area contributed by atoms with E-state index in [0.29, 0.717) is 11.0 Å². The van der Waals surface area contributed by atoms with Crippen molar-refractivity contribution in [3.8, 4) is 10.4 Å². The van der Waals surface area contributed by atoms with E-state index in [0.717, 1.165) is 36.4 Å². The lowest BCUT2D eigenvalue weighted by Crippen LogP contribution is -2.40. The number of amides is 3. The number of carbonyl (C=O) groups excluding carboxylic acids is 2. The minimum absolute atomic E-state index is 0.0766. The first kappa shape index (κ1) is 17.0. The number of carbonyl (C=O) groups is 2. The van der Waals surface area contributed by atoms with Crippen LogP contribution in [-0.4, -0.2) is 36.7 Å². The van der Waals surface area contributed by atoms with E-state index in [1.54, 1.807) is 6.07 Å². The second-order valence-corrected chi connectivity index (χ2v) is 7.91. The molecule has 3 amide bonds. The highest BCUT2D eigenvalue weighted by Gasteiger charge is 2.45. The molecular formula is C18H20N4O3S. The predicted octanol–water partition coefficient (Wildman–Crippen LogP) is 1.68. The van der Waals surface area contributed by atoms with Crippen LogP contribution in [-0.2, 0) is 11.2 Å². The van der Waals surface area contributed by atoms with E-state index in [4.69, 9.17) is 16.2 Å². The molecule has 1 aromatic carbocycles. The topological polar surface area (TPSA) is 119 Å². The first-order valence-electron chi connectivity index (χ1n) is 8.41. The molecule has 6 N–H and O–H groups in total. The molecule has 2 atom stereocenters. The van der Waals surface area contributed by atoms with Crippen molar-refractivity contribution >= 4 is 28.3 Å². The number of morpholine rings is 1. The highest BCUT2D eigenvalue weighted by molar-refractivity contribution is 7.20. The zero-order chi connectivity index (χ0) is 18.3. The number of urea groups is 1. The summed E-state index contributed by atoms with van der Waals surface area (Å²) >= 11 is 1.27. The fourth-order valence-corrected chi connectivity index (χ4v) is 4.77. The Morgan fingerprint density at radius 1 is 1.31 bits per heavy atom. The first-order valence-corrected chi connectivity index (χ1v) is 9.22. The highest BCUT2D eigenvalue weighted by atomic mass is 32.1. The second kappa shape index (κ2) is 6.39. The SMILES string of the molecule is NC(=O)Nc1sc(-c2ccc(C[C@]34CN[C@H](CO3)C4)cc2)cc1C(N)=O. The molecule has 4 rings (SSSR count). The molecule has 2 aliphatic heterocycles. The van der Waals surface area contributed by atoms with Crippen molar-refractivity contribution in [2.45, 2.75) is 24.5 Å². The normalized spacial score (nSPS) is 23.9. The minimum atomic E-state index is -0.726. The minimum Gasteiger partial charge on any atom is -0.372 e. The van der Waals surface area contributed by atoms with Gasteiger partial charge in [-0.25, -0.2) is 4.79 Å². The number of nitrogens with one attached hydrogen (secondary N) is 2. The van der Waals surface area contributed by atoms with Crippen molar-refractivity contribution in [1.82, 2.24) is 5.32 Å². The van der Waals surface area contributed by atoms with Crippen molar-refractivity contribution in [3.63, 3.8) is 0 Å². The maximum atomic E-state index is 11.6. The van der Waals surface area contributed by atoms with Crippen LogP contribution < -0.4 is 22.1 Å². The van der Waals surface area contributed by atoms with Crippen LogP contribution in [0, 0.1) is 0 Å². The molecule has 2 fully saturated rings. The van der Waals surface area contributed by atoms with Gasteiger partial charge < -0.3 is 21.5 Å². The summed E-state index contributed by atoms with van der Waals surface area (Å²) in [5.74, 6) is -0.603. The Balaban J connectivity index is 1.55. The lowest BCUT2D eigenvalue weighted by molar-refractivity contribution is -0.00521. The zero-order valence-electron chi connectivity index (χ0n) is 14.1. The molecule has 0 saturated carbocycles. The van der Waals surface area contributed by atoms with Crippen LogP contribution in [0.25, 0.3) is 10.4 Å². The monoisotopic (exact) mass is 372 g/mol. The summed E-state index contributed by atoms with van der Waals surface area (Å²) in [5, 5.41) is 6.30. The van der Waals surface area contributed by atoms with Crippen LogP contribution in [0.3, 0.4) is 0 Å². The summed E-state index contributed by atoms with van der Waals surface area (Å²) in [7, 11) is 0. The summed E-state index contributed by atoms with van der Waals surface area (Å²) < 4.78 is 5.98. The van der Waals surface area contributed by atoms with E-state index >= 15 is 0 Å². The van der Waals surface area contributed by atoms with Gasteiger partial charge in [0.1, 0.15) is 5.00 Å². The Kier molecular flexibility index (Phi) is 4.18. The Morgan fingerprint density at radius 3 is 2.62 bits per heavy atom. The molecule has 0 unspecified atom stereocenters. The summed E-state index contributed by atoms with van der Waals surface area (Å²) in [6.45, 7) is 1.69. The maximum absolute atomic E-state index is 11.6. The van der Waals surface area contributed by atoms with Crippen LogP contribution in [0.1, 0.15) is 22.3 Å². The Hall–Kier alpha value is -2.42. The van der Waals surface area contributed by atoms with E-state index in [1.165, 1.54) is 16.9 Å². The van der Waals surface area contributed by atoms with Crippen molar-refractivity contribution in [3.05, 3.63) is 41.5 Å². The molecule has 0 radical (unpaired) electrons. The number of ether oxygens (including phenoxy) is 1. The van der Waals surface area contributed by atoms with Gasteiger partial charge in [0.15, 0.2) is 0 Å². The van der Waals surface area contributed by atoms with E-state index in [9.17, 15) is 9.59 Å². The second-order valence-electron chi connectivity index (χ2n) is 6.86. The molecule has 0 spiro atoms. The number of anilines is 1. The number of fused-ring (bicyclic) bond motifs is 2. The van der Waals surface area contributed by atoms with Crippen LogP contribution in [0.2, 0.25) is 0 Å². The predicted molar refractivity (Wildman–Crippen MR) is 100 cm³/mol. The van der Waals surface area contributed by atoms with Crippen LogP contribution in [0.5, 0.6) is 0 Å². The molecular weight excluding hydrogens is 352 g/mol. The van der Waals surface area contributed by atoms with E-state index < -0.39 is 11.9 Å². The molecule has 0 aliphatic carbocycles. The van der Waals surface area contributed by atoms with Gasteiger partial charge in [0.05, 0.1) is 17.8 Å². The lowest BCUT2D eigenvalue weighted by atomic mass is 9.93. The van der Waals surface area contributed by atoms with Gasteiger partial charge in [-0.15, -0.1) is 11.3 Å². The molecule has 136 valence electrons. The van der Waals surface area contributed by atoms with Crippen LogP contribution >= 0.6 is 11.3 Å². The summed E-state index contributed by atoms with van der Waals surface area (Å²) in [6.07, 6.45) is 1.94. The number of hydrogen-bond donors (Lipinski definition) is 4. The Morgan fingerprint density at radius 2 is 2.08 bits per heavy atom. The third kappa shape index (κ3) is 3.18. The molecule has 2 aromatic rings. The van der Waals surface area contributed by atoms with Gasteiger partial charge >= 0.3 is 6.03 Å². The smallest absolute Gasteiger partial charge is 0.317 e. The van der Waals surface area contributed by atoms with Gasteiger partial charge in [-0.2, -0.15) is 0 Å². The zero-order valence-corrected chi connectivity index (χ0v) is 14.9. The summed E-state index contributed by atoms with van der Waals surface area (Å²) in [4.78, 5) is 23.5. The summed E-state index contributed by atoms with van der Waals surface area (Å²) in [6, 6.07) is 9.60. The van der Waals surface area contributed by atoms with Gasteiger partial charge in [-0.05, 0) is 23.6 Å². The quantitative estimate of drug-likeness (QED) is 0.638. The van der Waals surface area contributed by atoms with Gasteiger partial charge in [0, 0.05) is 23.9 Å². The number of nitrogens with two attached hydrogens (primary N) is 2. The number of primary amides is 2. The maximum Gasteiger partial charge on any atom is 0.317 e. The van der Waals surface area contributed by atoms with Gasteiger partial charge in [-0.1, -0.05) is 24.3 Å². The van der Waals surface area contributed by atoms with Crippen LogP contribution in [0.4, 0.5) is 9.80 Å². The Labute approximate surface area is 154 Å². The molecule has 2 bridgehead atoms. The van der Waals surface area contributed by atoms with Crippen molar-refractivity contribution in [2.24, 2.45) is 11.5 Å².